The number of para-hydroxylation sites is 2. The van der Waals surface area contributed by atoms with Gasteiger partial charge in [0.1, 0.15) is 5.75 Å². The number of anilines is 1. The van der Waals surface area contributed by atoms with Gasteiger partial charge in [-0.15, -0.1) is 11.8 Å². The van der Waals surface area contributed by atoms with E-state index in [0.717, 1.165) is 11.3 Å². The second-order valence-electron chi connectivity index (χ2n) is 5.08. The molecule has 118 valence electrons. The van der Waals surface area contributed by atoms with E-state index in [-0.39, 0.29) is 6.61 Å². The summed E-state index contributed by atoms with van der Waals surface area (Å²) in [7, 11) is 0. The summed E-state index contributed by atoms with van der Waals surface area (Å²) in [5.74, 6) is 0.224. The van der Waals surface area contributed by atoms with Gasteiger partial charge in [-0.05, 0) is 18.2 Å². The average Bonchev–Trinajstić information content (AvgIpc) is 3.03. The molecule has 0 saturated carbocycles. The minimum atomic E-state index is -1.01. The normalized spacial score (nSPS) is 19.5. The molecule has 1 atom stereocenters. The maximum absolute atomic E-state index is 10.8. The number of aliphatic imine (C=N–C) groups is 1. The van der Waals surface area contributed by atoms with Crippen LogP contribution in [0.1, 0.15) is 5.56 Å². The molecular formula is C17H16N2O3S. The van der Waals surface area contributed by atoms with Gasteiger partial charge in [-0.2, -0.15) is 0 Å². The molecule has 23 heavy (non-hydrogen) atoms. The van der Waals surface area contributed by atoms with Crippen LogP contribution < -0.4 is 10.1 Å². The fraction of sp³-hybridized carbons (Fsp3) is 0.176. The van der Waals surface area contributed by atoms with Crippen LogP contribution in [0.5, 0.6) is 5.75 Å². The van der Waals surface area contributed by atoms with Crippen molar-refractivity contribution in [3.05, 3.63) is 60.2 Å². The zero-order valence-electron chi connectivity index (χ0n) is 12.3. The number of aliphatic carboxylic acids is 1. The summed E-state index contributed by atoms with van der Waals surface area (Å²) in [6.07, 6.45) is 0. The molecule has 1 heterocycles. The van der Waals surface area contributed by atoms with Gasteiger partial charge in [0.25, 0.3) is 0 Å². The Bertz CT molecular complexity index is 721. The highest BCUT2D eigenvalue weighted by Crippen LogP contribution is 2.39. The lowest BCUT2D eigenvalue weighted by Crippen LogP contribution is -2.34. The van der Waals surface area contributed by atoms with E-state index in [1.807, 2.05) is 54.1 Å². The maximum Gasteiger partial charge on any atom is 0.341 e. The molecule has 0 amide bonds. The zero-order chi connectivity index (χ0) is 16.1. The number of hydrogen-bond donors (Lipinski definition) is 2. The minimum Gasteiger partial charge on any atom is -0.481 e. The van der Waals surface area contributed by atoms with Gasteiger partial charge in [0, 0.05) is 17.0 Å². The lowest BCUT2D eigenvalue weighted by Gasteiger charge is -2.30. The van der Waals surface area contributed by atoms with Crippen LogP contribution in [0.15, 0.2) is 59.6 Å². The Morgan fingerprint density at radius 1 is 1.22 bits per heavy atom. The van der Waals surface area contributed by atoms with Crippen molar-refractivity contribution in [2.24, 2.45) is 4.99 Å². The van der Waals surface area contributed by atoms with Crippen molar-refractivity contribution in [1.82, 2.24) is 0 Å². The molecule has 3 rings (SSSR count). The van der Waals surface area contributed by atoms with Crippen molar-refractivity contribution >= 4 is 29.0 Å². The molecule has 0 spiro atoms. The average molecular weight is 328 g/mol. The van der Waals surface area contributed by atoms with Gasteiger partial charge in [0.2, 0.25) is 0 Å². The van der Waals surface area contributed by atoms with Gasteiger partial charge < -0.3 is 15.2 Å². The van der Waals surface area contributed by atoms with E-state index >= 15 is 0 Å². The molecule has 0 saturated heterocycles. The Hall–Kier alpha value is -2.47. The third-order valence-corrected chi connectivity index (χ3v) is 4.29. The molecule has 1 aliphatic heterocycles. The van der Waals surface area contributed by atoms with Crippen LogP contribution in [0.25, 0.3) is 0 Å². The van der Waals surface area contributed by atoms with Gasteiger partial charge in [-0.3, -0.25) is 4.99 Å². The molecule has 0 aliphatic carbocycles. The quantitative estimate of drug-likeness (QED) is 0.852. The van der Waals surface area contributed by atoms with Crippen LogP contribution in [-0.4, -0.2) is 29.0 Å². The van der Waals surface area contributed by atoms with Gasteiger partial charge >= 0.3 is 5.97 Å². The first kappa shape index (κ1) is 15.4. The van der Waals surface area contributed by atoms with E-state index in [2.05, 4.69) is 10.3 Å². The van der Waals surface area contributed by atoms with Crippen molar-refractivity contribution in [3.8, 4) is 5.75 Å². The number of carbonyl (C=O) groups is 1. The third kappa shape index (κ3) is 3.48. The van der Waals surface area contributed by atoms with E-state index in [1.54, 1.807) is 17.8 Å². The van der Waals surface area contributed by atoms with Crippen LogP contribution in [0, 0.1) is 0 Å². The summed E-state index contributed by atoms with van der Waals surface area (Å²) in [6, 6.07) is 17.2. The second kappa shape index (κ2) is 6.75. The molecule has 2 N–H and O–H groups in total. The molecule has 0 fully saturated rings. The molecule has 2 aromatic rings. The highest BCUT2D eigenvalue weighted by atomic mass is 32.2. The Kier molecular flexibility index (Phi) is 4.52. The number of benzene rings is 2. The lowest BCUT2D eigenvalue weighted by atomic mass is 10.00. The number of carboxylic acids is 1. The first-order valence-corrected chi connectivity index (χ1v) is 8.17. The van der Waals surface area contributed by atoms with E-state index in [9.17, 15) is 4.79 Å². The van der Waals surface area contributed by atoms with Gasteiger partial charge in [-0.25, -0.2) is 4.79 Å². The highest BCUT2D eigenvalue weighted by molar-refractivity contribution is 8.12. The van der Waals surface area contributed by atoms with E-state index in [1.165, 1.54) is 0 Å². The number of ether oxygens (including phenoxy) is 1. The summed E-state index contributed by atoms with van der Waals surface area (Å²) in [5, 5.41) is 12.3. The van der Waals surface area contributed by atoms with Crippen LogP contribution in [0.2, 0.25) is 0 Å². The number of carboxylic acid groups (broad SMARTS) is 1. The number of hydrogen-bond acceptors (Lipinski definition) is 5. The SMILES string of the molecule is O=C(O)COc1ccccc1C1(Nc2ccccc2)CSC=N1. The monoisotopic (exact) mass is 328 g/mol. The van der Waals surface area contributed by atoms with Crippen LogP contribution in [0.4, 0.5) is 5.69 Å². The fourth-order valence-corrected chi connectivity index (χ4v) is 3.31. The number of nitrogens with zero attached hydrogens (tertiary/aromatic N) is 1. The van der Waals surface area contributed by atoms with E-state index < -0.39 is 11.6 Å². The topological polar surface area (TPSA) is 70.9 Å². The molecule has 1 unspecified atom stereocenters. The molecule has 5 nitrogen and oxygen atoms in total. The third-order valence-electron chi connectivity index (χ3n) is 3.45. The van der Waals surface area contributed by atoms with Crippen molar-refractivity contribution < 1.29 is 14.6 Å². The van der Waals surface area contributed by atoms with Crippen LogP contribution in [-0.2, 0) is 10.5 Å². The minimum absolute atomic E-state index is 0.380. The maximum atomic E-state index is 10.8. The fourth-order valence-electron chi connectivity index (χ4n) is 2.44. The molecule has 1 aliphatic rings. The number of thioether (sulfide) groups is 1. The Labute approximate surface area is 138 Å². The first-order chi connectivity index (χ1) is 11.2. The predicted molar refractivity (Wildman–Crippen MR) is 92.3 cm³/mol. The van der Waals surface area contributed by atoms with E-state index in [0.29, 0.717) is 11.5 Å². The summed E-state index contributed by atoms with van der Waals surface area (Å²) in [5.41, 5.74) is 2.91. The first-order valence-electron chi connectivity index (χ1n) is 7.12. The van der Waals surface area contributed by atoms with Crippen LogP contribution in [0.3, 0.4) is 0 Å². The summed E-state index contributed by atoms with van der Waals surface area (Å²) < 4.78 is 5.45. The standard InChI is InChI=1S/C17H16N2O3S/c20-16(21)10-22-15-9-5-4-8-14(15)17(11-23-12-18-17)19-13-6-2-1-3-7-13/h1-9,12,19H,10-11H2,(H,20,21). The summed E-state index contributed by atoms with van der Waals surface area (Å²) in [4.78, 5) is 15.4. The molecule has 0 aromatic heterocycles. The predicted octanol–water partition coefficient (Wildman–Crippen LogP) is 3.19. The Morgan fingerprint density at radius 3 is 2.65 bits per heavy atom. The lowest BCUT2D eigenvalue weighted by molar-refractivity contribution is -0.139. The van der Waals surface area contributed by atoms with Crippen molar-refractivity contribution in [3.63, 3.8) is 0 Å². The smallest absolute Gasteiger partial charge is 0.341 e. The van der Waals surface area contributed by atoms with Crippen LogP contribution >= 0.6 is 11.8 Å². The molecular weight excluding hydrogens is 312 g/mol. The number of nitrogens with one attached hydrogen (secondary N) is 1. The highest BCUT2D eigenvalue weighted by Gasteiger charge is 2.37. The molecule has 0 radical (unpaired) electrons. The van der Waals surface area contributed by atoms with Gasteiger partial charge in [0.15, 0.2) is 12.3 Å². The van der Waals surface area contributed by atoms with Crippen molar-refractivity contribution in [2.45, 2.75) is 5.66 Å². The van der Waals surface area contributed by atoms with Gasteiger partial charge in [0.05, 0.1) is 5.55 Å². The second-order valence-corrected chi connectivity index (χ2v) is 5.91. The summed E-state index contributed by atoms with van der Waals surface area (Å²) >= 11 is 1.60. The van der Waals surface area contributed by atoms with Crippen molar-refractivity contribution in [1.29, 1.82) is 0 Å². The summed E-state index contributed by atoms with van der Waals surface area (Å²) in [6.45, 7) is -0.380. The van der Waals surface area contributed by atoms with E-state index in [4.69, 9.17) is 9.84 Å². The molecule has 6 heteroatoms. The largest absolute Gasteiger partial charge is 0.481 e. The molecule has 0 bridgehead atoms. The molecule has 2 aromatic carbocycles. The van der Waals surface area contributed by atoms with Gasteiger partial charge in [-0.1, -0.05) is 36.4 Å². The zero-order valence-corrected chi connectivity index (χ0v) is 13.1. The number of rotatable bonds is 6. The van der Waals surface area contributed by atoms with Crippen molar-refractivity contribution in [2.75, 3.05) is 17.7 Å². The Morgan fingerprint density at radius 2 is 1.96 bits per heavy atom. The Balaban J connectivity index is 1.95.